The molecular weight excluding hydrogens is 226 g/mol. The summed E-state index contributed by atoms with van der Waals surface area (Å²) in [7, 11) is 0. The molecule has 0 heterocycles. The standard InChI is InChI=1S/C14H23N3O/c1-11-6-8-13(9-7-11)12(2)16-10-4-3-5-14(15)17-18/h6-9,12,16,18H,3-5,10H2,1-2H3,(H2,15,17)/t12-/m1/s1. The first-order valence-electron chi connectivity index (χ1n) is 6.40. The topological polar surface area (TPSA) is 70.6 Å². The van der Waals surface area contributed by atoms with Crippen molar-refractivity contribution in [3.8, 4) is 0 Å². The molecule has 1 rings (SSSR count). The van der Waals surface area contributed by atoms with Crippen molar-refractivity contribution in [2.45, 2.75) is 39.2 Å². The van der Waals surface area contributed by atoms with Crippen LogP contribution in [0.3, 0.4) is 0 Å². The molecule has 0 spiro atoms. The Bertz CT molecular complexity index is 373. The Morgan fingerprint density at radius 1 is 1.33 bits per heavy atom. The molecule has 0 aliphatic heterocycles. The summed E-state index contributed by atoms with van der Waals surface area (Å²) < 4.78 is 0. The van der Waals surface area contributed by atoms with Crippen LogP contribution in [0.5, 0.6) is 0 Å². The molecular formula is C14H23N3O. The van der Waals surface area contributed by atoms with Gasteiger partial charge in [-0.15, -0.1) is 0 Å². The molecule has 0 saturated carbocycles. The number of hydrogen-bond donors (Lipinski definition) is 3. The minimum Gasteiger partial charge on any atom is -0.409 e. The van der Waals surface area contributed by atoms with E-state index in [2.05, 4.69) is 48.6 Å². The number of aryl methyl sites for hydroxylation is 1. The molecule has 0 aromatic heterocycles. The molecule has 1 aromatic rings. The van der Waals surface area contributed by atoms with E-state index in [-0.39, 0.29) is 0 Å². The first kappa shape index (κ1) is 14.5. The Labute approximate surface area is 109 Å². The number of nitrogens with one attached hydrogen (secondary N) is 1. The van der Waals surface area contributed by atoms with E-state index < -0.39 is 0 Å². The summed E-state index contributed by atoms with van der Waals surface area (Å²) in [4.78, 5) is 0. The summed E-state index contributed by atoms with van der Waals surface area (Å²) >= 11 is 0. The molecule has 0 radical (unpaired) electrons. The Morgan fingerprint density at radius 3 is 2.61 bits per heavy atom. The van der Waals surface area contributed by atoms with E-state index in [1.807, 2.05) is 0 Å². The highest BCUT2D eigenvalue weighted by molar-refractivity contribution is 5.79. The maximum absolute atomic E-state index is 8.40. The highest BCUT2D eigenvalue weighted by Crippen LogP contribution is 2.12. The lowest BCUT2D eigenvalue weighted by atomic mass is 10.1. The van der Waals surface area contributed by atoms with Gasteiger partial charge in [0.15, 0.2) is 0 Å². The van der Waals surface area contributed by atoms with Gasteiger partial charge in [0.25, 0.3) is 0 Å². The second-order valence-electron chi connectivity index (χ2n) is 4.63. The molecule has 0 aliphatic rings. The Kier molecular flexibility index (Phi) is 6.22. The average molecular weight is 249 g/mol. The van der Waals surface area contributed by atoms with E-state index >= 15 is 0 Å². The van der Waals surface area contributed by atoms with Gasteiger partial charge >= 0.3 is 0 Å². The molecule has 18 heavy (non-hydrogen) atoms. The number of oxime groups is 1. The van der Waals surface area contributed by atoms with Gasteiger partial charge in [0.1, 0.15) is 5.84 Å². The highest BCUT2D eigenvalue weighted by Gasteiger charge is 2.03. The van der Waals surface area contributed by atoms with E-state index in [0.29, 0.717) is 18.3 Å². The summed E-state index contributed by atoms with van der Waals surface area (Å²) in [5.41, 5.74) is 7.98. The third-order valence-electron chi connectivity index (χ3n) is 3.02. The van der Waals surface area contributed by atoms with Crippen molar-refractivity contribution in [3.05, 3.63) is 35.4 Å². The van der Waals surface area contributed by atoms with Crippen molar-refractivity contribution < 1.29 is 5.21 Å². The zero-order chi connectivity index (χ0) is 13.4. The lowest BCUT2D eigenvalue weighted by Crippen LogP contribution is -2.20. The molecule has 0 bridgehead atoms. The average Bonchev–Trinajstić information content (AvgIpc) is 2.38. The van der Waals surface area contributed by atoms with Crippen molar-refractivity contribution in [1.82, 2.24) is 5.32 Å². The monoisotopic (exact) mass is 249 g/mol. The normalized spacial score (nSPS) is 13.6. The summed E-state index contributed by atoms with van der Waals surface area (Å²) in [6.07, 6.45) is 2.60. The fourth-order valence-corrected chi connectivity index (χ4v) is 1.77. The van der Waals surface area contributed by atoms with E-state index in [9.17, 15) is 0 Å². The van der Waals surface area contributed by atoms with E-state index in [1.54, 1.807) is 0 Å². The lowest BCUT2D eigenvalue weighted by Gasteiger charge is -2.14. The third-order valence-corrected chi connectivity index (χ3v) is 3.02. The maximum atomic E-state index is 8.40. The SMILES string of the molecule is Cc1ccc([C@@H](C)NCCCC/C(N)=N/O)cc1. The van der Waals surface area contributed by atoms with Gasteiger partial charge in [-0.25, -0.2) is 0 Å². The number of nitrogens with two attached hydrogens (primary N) is 1. The first-order chi connectivity index (χ1) is 8.63. The van der Waals surface area contributed by atoms with Gasteiger partial charge in [-0.1, -0.05) is 35.0 Å². The molecule has 0 amide bonds. The predicted octanol–water partition coefficient (Wildman–Crippen LogP) is 2.56. The lowest BCUT2D eigenvalue weighted by molar-refractivity contribution is 0.316. The molecule has 0 aliphatic carbocycles. The van der Waals surface area contributed by atoms with Gasteiger partial charge in [0.05, 0.1) is 0 Å². The molecule has 1 atom stereocenters. The van der Waals surface area contributed by atoms with Gasteiger partial charge in [0, 0.05) is 12.5 Å². The number of nitrogens with zero attached hydrogens (tertiary/aromatic N) is 1. The van der Waals surface area contributed by atoms with Gasteiger partial charge in [-0.3, -0.25) is 0 Å². The molecule has 1 aromatic carbocycles. The summed E-state index contributed by atoms with van der Waals surface area (Å²) in [6.45, 7) is 5.19. The third kappa shape index (κ3) is 5.19. The summed E-state index contributed by atoms with van der Waals surface area (Å²) in [5, 5.41) is 14.8. The number of unbranched alkanes of at least 4 members (excludes halogenated alkanes) is 1. The molecule has 4 N–H and O–H groups in total. The molecule has 0 unspecified atom stereocenters. The fourth-order valence-electron chi connectivity index (χ4n) is 1.77. The molecule has 4 nitrogen and oxygen atoms in total. The van der Waals surface area contributed by atoms with Crippen LogP contribution in [0.1, 0.15) is 43.4 Å². The molecule has 100 valence electrons. The number of rotatable bonds is 7. The molecule has 0 saturated heterocycles. The zero-order valence-electron chi connectivity index (χ0n) is 11.2. The van der Waals surface area contributed by atoms with Crippen molar-refractivity contribution in [2.75, 3.05) is 6.54 Å². The van der Waals surface area contributed by atoms with E-state index in [1.165, 1.54) is 11.1 Å². The van der Waals surface area contributed by atoms with Gasteiger partial charge < -0.3 is 16.3 Å². The zero-order valence-corrected chi connectivity index (χ0v) is 11.2. The van der Waals surface area contributed by atoms with Crippen LogP contribution in [0.2, 0.25) is 0 Å². The fraction of sp³-hybridized carbons (Fsp3) is 0.500. The van der Waals surface area contributed by atoms with Gasteiger partial charge in [-0.05, 0) is 38.8 Å². The van der Waals surface area contributed by atoms with Crippen molar-refractivity contribution in [3.63, 3.8) is 0 Å². The first-order valence-corrected chi connectivity index (χ1v) is 6.40. The smallest absolute Gasteiger partial charge is 0.139 e. The van der Waals surface area contributed by atoms with Crippen molar-refractivity contribution in [1.29, 1.82) is 0 Å². The minimum absolute atomic E-state index is 0.307. The van der Waals surface area contributed by atoms with E-state index in [4.69, 9.17) is 10.9 Å². The largest absolute Gasteiger partial charge is 0.409 e. The van der Waals surface area contributed by atoms with Crippen LogP contribution in [0.15, 0.2) is 29.4 Å². The van der Waals surface area contributed by atoms with Crippen LogP contribution < -0.4 is 11.1 Å². The van der Waals surface area contributed by atoms with E-state index in [0.717, 1.165) is 19.4 Å². The quantitative estimate of drug-likeness (QED) is 0.229. The Morgan fingerprint density at radius 2 is 2.00 bits per heavy atom. The van der Waals surface area contributed by atoms with Crippen LogP contribution in [-0.2, 0) is 0 Å². The maximum Gasteiger partial charge on any atom is 0.139 e. The van der Waals surface area contributed by atoms with Crippen LogP contribution in [-0.4, -0.2) is 17.6 Å². The van der Waals surface area contributed by atoms with Crippen LogP contribution in [0.25, 0.3) is 0 Å². The number of amidine groups is 1. The van der Waals surface area contributed by atoms with Gasteiger partial charge in [0.2, 0.25) is 0 Å². The Hall–Kier alpha value is -1.55. The minimum atomic E-state index is 0.307. The van der Waals surface area contributed by atoms with Gasteiger partial charge in [-0.2, -0.15) is 0 Å². The predicted molar refractivity (Wildman–Crippen MR) is 74.9 cm³/mol. The number of benzene rings is 1. The van der Waals surface area contributed by atoms with Crippen LogP contribution in [0, 0.1) is 6.92 Å². The summed E-state index contributed by atoms with van der Waals surface area (Å²) in [5.74, 6) is 0.307. The van der Waals surface area contributed by atoms with Crippen molar-refractivity contribution in [2.24, 2.45) is 10.9 Å². The van der Waals surface area contributed by atoms with Crippen molar-refractivity contribution >= 4 is 5.84 Å². The summed E-state index contributed by atoms with van der Waals surface area (Å²) in [6, 6.07) is 8.93. The van der Waals surface area contributed by atoms with Crippen LogP contribution >= 0.6 is 0 Å². The molecule has 0 fully saturated rings. The second kappa shape index (κ2) is 7.71. The molecule has 4 heteroatoms. The Balaban J connectivity index is 2.21. The second-order valence-corrected chi connectivity index (χ2v) is 4.63. The van der Waals surface area contributed by atoms with Crippen LogP contribution in [0.4, 0.5) is 0 Å². The number of hydrogen-bond acceptors (Lipinski definition) is 3. The highest BCUT2D eigenvalue weighted by atomic mass is 16.4.